The molecule has 0 spiro atoms. The van der Waals surface area contributed by atoms with Crippen LogP contribution in [0.4, 0.5) is 0 Å². The van der Waals surface area contributed by atoms with E-state index in [0.717, 1.165) is 22.4 Å². The third-order valence-corrected chi connectivity index (χ3v) is 3.61. The first kappa shape index (κ1) is 15.2. The lowest BCUT2D eigenvalue weighted by molar-refractivity contribution is 0.318. The van der Waals surface area contributed by atoms with Crippen LogP contribution in [0, 0.1) is 20.8 Å². The molecule has 0 atom stereocenters. The van der Waals surface area contributed by atoms with Gasteiger partial charge in [0.1, 0.15) is 11.5 Å². The Morgan fingerprint density at radius 3 is 2.48 bits per heavy atom. The third kappa shape index (κ3) is 3.28. The van der Waals surface area contributed by atoms with E-state index in [4.69, 9.17) is 27.3 Å². The Balaban J connectivity index is 2.37. The molecule has 2 aromatic carbocycles. The number of nitrogens with zero attached hydrogens (tertiary/aromatic N) is 1. The molecule has 2 rings (SSSR count). The van der Waals surface area contributed by atoms with Gasteiger partial charge in [-0.05, 0) is 61.7 Å². The van der Waals surface area contributed by atoms with Crippen molar-refractivity contribution in [2.45, 2.75) is 20.8 Å². The second-order valence-electron chi connectivity index (χ2n) is 4.94. The molecule has 0 saturated carbocycles. The summed E-state index contributed by atoms with van der Waals surface area (Å²) in [6.07, 6.45) is 0. The summed E-state index contributed by atoms with van der Waals surface area (Å²) in [6, 6.07) is 9.06. The van der Waals surface area contributed by atoms with Gasteiger partial charge in [-0.3, -0.25) is 0 Å². The highest BCUT2D eigenvalue weighted by molar-refractivity contribution is 6.32. The zero-order valence-corrected chi connectivity index (χ0v) is 12.9. The Kier molecular flexibility index (Phi) is 4.38. The number of nitrogens with two attached hydrogens (primary N) is 1. The molecule has 0 aromatic heterocycles. The van der Waals surface area contributed by atoms with Gasteiger partial charge in [-0.1, -0.05) is 22.8 Å². The quantitative estimate of drug-likeness (QED) is 0.387. The predicted molar refractivity (Wildman–Crippen MR) is 84.7 cm³/mol. The van der Waals surface area contributed by atoms with Gasteiger partial charge in [0.25, 0.3) is 0 Å². The van der Waals surface area contributed by atoms with Crippen LogP contribution in [0.3, 0.4) is 0 Å². The number of ether oxygens (including phenoxy) is 1. The van der Waals surface area contributed by atoms with Gasteiger partial charge in [0.2, 0.25) is 0 Å². The SMILES string of the molecule is Cc1cc(C)c(C)c(Oc2ccc(C(N)=NO)cc2Cl)c1. The Hall–Kier alpha value is -2.20. The highest BCUT2D eigenvalue weighted by Crippen LogP contribution is 2.33. The fourth-order valence-electron chi connectivity index (χ4n) is 2.03. The fourth-order valence-corrected chi connectivity index (χ4v) is 2.25. The van der Waals surface area contributed by atoms with Gasteiger partial charge in [-0.25, -0.2) is 0 Å². The molecule has 110 valence electrons. The molecule has 0 aliphatic heterocycles. The number of amidine groups is 1. The highest BCUT2D eigenvalue weighted by atomic mass is 35.5. The van der Waals surface area contributed by atoms with E-state index in [1.54, 1.807) is 18.2 Å². The smallest absolute Gasteiger partial charge is 0.170 e. The number of hydrogen-bond donors (Lipinski definition) is 2. The normalized spacial score (nSPS) is 11.5. The monoisotopic (exact) mass is 304 g/mol. The summed E-state index contributed by atoms with van der Waals surface area (Å²) in [6.45, 7) is 6.06. The molecule has 21 heavy (non-hydrogen) atoms. The zero-order chi connectivity index (χ0) is 15.6. The molecular weight excluding hydrogens is 288 g/mol. The molecule has 0 heterocycles. The maximum Gasteiger partial charge on any atom is 0.170 e. The van der Waals surface area contributed by atoms with Crippen molar-refractivity contribution >= 4 is 17.4 Å². The summed E-state index contributed by atoms with van der Waals surface area (Å²) < 4.78 is 5.89. The van der Waals surface area contributed by atoms with Crippen molar-refractivity contribution < 1.29 is 9.94 Å². The van der Waals surface area contributed by atoms with Crippen molar-refractivity contribution in [1.82, 2.24) is 0 Å². The van der Waals surface area contributed by atoms with E-state index in [9.17, 15) is 0 Å². The number of aryl methyl sites for hydroxylation is 2. The lowest BCUT2D eigenvalue weighted by Gasteiger charge is -2.13. The summed E-state index contributed by atoms with van der Waals surface area (Å²) >= 11 is 6.20. The van der Waals surface area contributed by atoms with E-state index in [2.05, 4.69) is 11.2 Å². The molecule has 5 heteroatoms. The van der Waals surface area contributed by atoms with Crippen molar-refractivity contribution in [2.24, 2.45) is 10.9 Å². The fraction of sp³-hybridized carbons (Fsp3) is 0.188. The standard InChI is InChI=1S/C16H17ClN2O2/c1-9-6-10(2)11(3)15(7-9)21-14-5-4-12(8-13(14)17)16(18)19-20/h4-8,20H,1-3H3,(H2,18,19). The van der Waals surface area contributed by atoms with E-state index in [1.165, 1.54) is 0 Å². The van der Waals surface area contributed by atoms with Crippen LogP contribution in [0.1, 0.15) is 22.3 Å². The number of halogens is 1. The Labute approximate surface area is 128 Å². The topological polar surface area (TPSA) is 67.8 Å². The minimum atomic E-state index is 0.00558. The first-order chi connectivity index (χ1) is 9.92. The van der Waals surface area contributed by atoms with Crippen LogP contribution in [0.25, 0.3) is 0 Å². The molecule has 2 aromatic rings. The average Bonchev–Trinajstić information content (AvgIpc) is 2.45. The molecule has 0 aliphatic rings. The molecule has 3 N–H and O–H groups in total. The molecule has 0 bridgehead atoms. The molecule has 0 saturated heterocycles. The summed E-state index contributed by atoms with van der Waals surface area (Å²) in [7, 11) is 0. The van der Waals surface area contributed by atoms with Gasteiger partial charge < -0.3 is 15.7 Å². The van der Waals surface area contributed by atoms with Gasteiger partial charge in [-0.2, -0.15) is 0 Å². The number of rotatable bonds is 3. The summed E-state index contributed by atoms with van der Waals surface area (Å²) in [5.74, 6) is 1.30. The highest BCUT2D eigenvalue weighted by Gasteiger charge is 2.10. The number of oxime groups is 1. The van der Waals surface area contributed by atoms with Crippen molar-refractivity contribution in [3.05, 3.63) is 57.6 Å². The van der Waals surface area contributed by atoms with Crippen molar-refractivity contribution in [2.75, 3.05) is 0 Å². The Bertz CT molecular complexity index is 712. The number of benzene rings is 2. The first-order valence-electron chi connectivity index (χ1n) is 6.45. The van der Waals surface area contributed by atoms with Crippen molar-refractivity contribution in [1.29, 1.82) is 0 Å². The van der Waals surface area contributed by atoms with Crippen LogP contribution in [0.2, 0.25) is 5.02 Å². The molecule has 0 unspecified atom stereocenters. The van der Waals surface area contributed by atoms with E-state index < -0.39 is 0 Å². The molecule has 0 radical (unpaired) electrons. The third-order valence-electron chi connectivity index (χ3n) is 3.32. The van der Waals surface area contributed by atoms with E-state index >= 15 is 0 Å². The maximum atomic E-state index is 8.67. The van der Waals surface area contributed by atoms with E-state index in [0.29, 0.717) is 16.3 Å². The molecule has 0 amide bonds. The molecule has 0 aliphatic carbocycles. The summed E-state index contributed by atoms with van der Waals surface area (Å²) in [5, 5.41) is 12.0. The van der Waals surface area contributed by atoms with Crippen LogP contribution < -0.4 is 10.5 Å². The minimum absolute atomic E-state index is 0.00558. The van der Waals surface area contributed by atoms with Crippen molar-refractivity contribution in [3.63, 3.8) is 0 Å². The van der Waals surface area contributed by atoms with Crippen LogP contribution in [0.15, 0.2) is 35.5 Å². The molecular formula is C16H17ClN2O2. The lowest BCUT2D eigenvalue weighted by Crippen LogP contribution is -2.12. The van der Waals surface area contributed by atoms with Gasteiger partial charge in [-0.15, -0.1) is 0 Å². The maximum absolute atomic E-state index is 8.67. The Morgan fingerprint density at radius 1 is 1.14 bits per heavy atom. The zero-order valence-electron chi connectivity index (χ0n) is 12.1. The second-order valence-corrected chi connectivity index (χ2v) is 5.34. The van der Waals surface area contributed by atoms with Gasteiger partial charge in [0, 0.05) is 5.56 Å². The van der Waals surface area contributed by atoms with Gasteiger partial charge in [0.05, 0.1) is 5.02 Å². The number of hydrogen-bond acceptors (Lipinski definition) is 3. The van der Waals surface area contributed by atoms with E-state index in [-0.39, 0.29) is 5.84 Å². The summed E-state index contributed by atoms with van der Waals surface area (Å²) in [4.78, 5) is 0. The van der Waals surface area contributed by atoms with Gasteiger partial charge in [0.15, 0.2) is 5.84 Å². The van der Waals surface area contributed by atoms with E-state index in [1.807, 2.05) is 26.8 Å². The van der Waals surface area contributed by atoms with Crippen LogP contribution >= 0.6 is 11.6 Å². The average molecular weight is 305 g/mol. The minimum Gasteiger partial charge on any atom is -0.456 e. The Morgan fingerprint density at radius 2 is 1.86 bits per heavy atom. The summed E-state index contributed by atoms with van der Waals surface area (Å²) in [5.41, 5.74) is 9.42. The van der Waals surface area contributed by atoms with Gasteiger partial charge >= 0.3 is 0 Å². The first-order valence-corrected chi connectivity index (χ1v) is 6.83. The lowest BCUT2D eigenvalue weighted by atomic mass is 10.1. The second kappa shape index (κ2) is 6.06. The largest absolute Gasteiger partial charge is 0.456 e. The van der Waals surface area contributed by atoms with Crippen molar-refractivity contribution in [3.8, 4) is 11.5 Å². The molecule has 4 nitrogen and oxygen atoms in total. The molecule has 0 fully saturated rings. The predicted octanol–water partition coefficient (Wildman–Crippen LogP) is 4.15. The van der Waals surface area contributed by atoms with Crippen LogP contribution in [-0.2, 0) is 0 Å². The van der Waals surface area contributed by atoms with Crippen LogP contribution in [0.5, 0.6) is 11.5 Å². The van der Waals surface area contributed by atoms with Crippen LogP contribution in [-0.4, -0.2) is 11.0 Å².